The number of hydrogen-bond donors (Lipinski definition) is 2. The molecule has 0 aromatic carbocycles. The van der Waals surface area contributed by atoms with Gasteiger partial charge in [-0.05, 0) is 43.4 Å². The summed E-state index contributed by atoms with van der Waals surface area (Å²) in [6.07, 6.45) is 7.34. The fourth-order valence-electron chi connectivity index (χ4n) is 5.29. The van der Waals surface area contributed by atoms with Crippen LogP contribution in [0.3, 0.4) is 0 Å². The summed E-state index contributed by atoms with van der Waals surface area (Å²) in [6, 6.07) is 0.615. The molecule has 2 amide bonds. The Labute approximate surface area is 147 Å². The van der Waals surface area contributed by atoms with Gasteiger partial charge in [0.05, 0.1) is 6.10 Å². The van der Waals surface area contributed by atoms with Crippen LogP contribution in [0.1, 0.15) is 73.1 Å². The minimum absolute atomic E-state index is 0.0247. The van der Waals surface area contributed by atoms with Gasteiger partial charge in [0, 0.05) is 30.0 Å². The van der Waals surface area contributed by atoms with Gasteiger partial charge in [0.1, 0.15) is 0 Å². The average molecular weight is 337 g/mol. The Hall–Kier alpha value is -0.770. The van der Waals surface area contributed by atoms with Gasteiger partial charge >= 0.3 is 6.03 Å². The Morgan fingerprint density at radius 1 is 1.12 bits per heavy atom. The zero-order valence-electron chi connectivity index (χ0n) is 16.2. The van der Waals surface area contributed by atoms with Gasteiger partial charge in [-0.3, -0.25) is 0 Å². The Balaban J connectivity index is 1.45. The van der Waals surface area contributed by atoms with Crippen molar-refractivity contribution in [3.05, 3.63) is 0 Å². The number of carbonyl (C=O) groups is 1. The predicted octanol–water partition coefficient (Wildman–Crippen LogP) is 4.09. The largest absolute Gasteiger partial charge is 0.377 e. The summed E-state index contributed by atoms with van der Waals surface area (Å²) >= 11 is 0. The molecule has 0 radical (unpaired) electrons. The van der Waals surface area contributed by atoms with Gasteiger partial charge in [-0.15, -0.1) is 0 Å². The lowest BCUT2D eigenvalue weighted by molar-refractivity contribution is -0.108. The fourth-order valence-corrected chi connectivity index (χ4v) is 5.29. The summed E-state index contributed by atoms with van der Waals surface area (Å²) < 4.78 is 5.81. The van der Waals surface area contributed by atoms with Crippen LogP contribution in [0.5, 0.6) is 0 Å². The zero-order chi connectivity index (χ0) is 17.5. The van der Waals surface area contributed by atoms with E-state index in [0.717, 1.165) is 31.8 Å². The third kappa shape index (κ3) is 3.18. The van der Waals surface area contributed by atoms with Gasteiger partial charge in [0.15, 0.2) is 0 Å². The average Bonchev–Trinajstić information content (AvgIpc) is 3.00. The van der Waals surface area contributed by atoms with Crippen LogP contribution in [0.2, 0.25) is 0 Å². The topological polar surface area (TPSA) is 50.4 Å². The number of carbonyl (C=O) groups excluding carboxylic acids is 1. The molecule has 2 N–H and O–H groups in total. The van der Waals surface area contributed by atoms with E-state index in [1.54, 1.807) is 0 Å². The first-order valence-electron chi connectivity index (χ1n) is 9.94. The van der Waals surface area contributed by atoms with E-state index in [9.17, 15) is 4.79 Å². The highest BCUT2D eigenvalue weighted by molar-refractivity contribution is 5.75. The summed E-state index contributed by atoms with van der Waals surface area (Å²) in [4.78, 5) is 12.5. The number of urea groups is 1. The van der Waals surface area contributed by atoms with Gasteiger partial charge < -0.3 is 15.4 Å². The molecule has 2 aliphatic carbocycles. The standard InChI is InChI=1S/C20H36N2O2/c1-6-19(2,3)13-7-9-14(10-8-13)21-18(23)22-16-15-11-12-24-17(15)20(16,4)5/h13-17H,6-12H2,1-5H3,(H2,21,22,23)/t13?,14?,15-,16-,17+/m1/s1. The van der Waals surface area contributed by atoms with Crippen LogP contribution in [0.25, 0.3) is 0 Å². The second-order valence-electron chi connectivity index (χ2n) is 9.55. The fraction of sp³-hybridized carbons (Fsp3) is 0.950. The van der Waals surface area contributed by atoms with E-state index < -0.39 is 0 Å². The molecule has 3 atom stereocenters. The Morgan fingerprint density at radius 2 is 1.79 bits per heavy atom. The van der Waals surface area contributed by atoms with Crippen molar-refractivity contribution in [2.24, 2.45) is 22.7 Å². The molecule has 2 saturated carbocycles. The maximum Gasteiger partial charge on any atom is 0.315 e. The first kappa shape index (κ1) is 18.0. The molecule has 4 nitrogen and oxygen atoms in total. The van der Waals surface area contributed by atoms with E-state index in [2.05, 4.69) is 45.3 Å². The minimum atomic E-state index is 0.0247. The number of nitrogens with one attached hydrogen (secondary N) is 2. The maximum atomic E-state index is 12.5. The summed E-state index contributed by atoms with van der Waals surface area (Å²) in [5.74, 6) is 1.30. The molecule has 0 aromatic rings. The Bertz CT molecular complexity index is 466. The second-order valence-corrected chi connectivity index (χ2v) is 9.55. The highest BCUT2D eigenvalue weighted by Crippen LogP contribution is 2.52. The van der Waals surface area contributed by atoms with Gasteiger partial charge in [-0.2, -0.15) is 0 Å². The van der Waals surface area contributed by atoms with E-state index in [4.69, 9.17) is 4.74 Å². The molecule has 0 unspecified atom stereocenters. The van der Waals surface area contributed by atoms with Crippen molar-refractivity contribution < 1.29 is 9.53 Å². The number of amides is 2. The van der Waals surface area contributed by atoms with E-state index in [-0.39, 0.29) is 17.5 Å². The normalized spacial score (nSPS) is 38.1. The monoisotopic (exact) mass is 336 g/mol. The summed E-state index contributed by atoms with van der Waals surface area (Å²) in [5, 5.41) is 6.48. The van der Waals surface area contributed by atoms with Crippen molar-refractivity contribution in [1.82, 2.24) is 10.6 Å². The molecule has 0 aromatic heterocycles. The number of rotatable bonds is 4. The first-order chi connectivity index (χ1) is 11.3. The third-order valence-corrected chi connectivity index (χ3v) is 7.47. The van der Waals surface area contributed by atoms with E-state index >= 15 is 0 Å². The lowest BCUT2D eigenvalue weighted by Gasteiger charge is -2.54. The minimum Gasteiger partial charge on any atom is -0.377 e. The lowest BCUT2D eigenvalue weighted by Crippen LogP contribution is -2.68. The van der Waals surface area contributed by atoms with Crippen LogP contribution in [-0.4, -0.2) is 30.8 Å². The molecule has 0 spiro atoms. The van der Waals surface area contributed by atoms with Crippen LogP contribution < -0.4 is 10.6 Å². The molecule has 3 aliphatic rings. The molecule has 1 saturated heterocycles. The SMILES string of the molecule is CCC(C)(C)C1CCC(NC(=O)N[C@@H]2[C@H]3CCO[C@@H]3C2(C)C)CC1. The molecule has 138 valence electrons. The highest BCUT2D eigenvalue weighted by atomic mass is 16.5. The summed E-state index contributed by atoms with van der Waals surface area (Å²) in [6.45, 7) is 12.3. The van der Waals surface area contributed by atoms with Crippen molar-refractivity contribution in [1.29, 1.82) is 0 Å². The molecule has 3 rings (SSSR count). The number of ether oxygens (including phenoxy) is 1. The molecular weight excluding hydrogens is 300 g/mol. The van der Waals surface area contributed by atoms with Crippen LogP contribution >= 0.6 is 0 Å². The molecule has 3 fully saturated rings. The summed E-state index contributed by atoms with van der Waals surface area (Å²) in [7, 11) is 0. The molecule has 4 heteroatoms. The third-order valence-electron chi connectivity index (χ3n) is 7.47. The Kier molecular flexibility index (Phi) is 4.89. The van der Waals surface area contributed by atoms with Crippen molar-refractivity contribution in [3.8, 4) is 0 Å². The van der Waals surface area contributed by atoms with Crippen molar-refractivity contribution in [2.45, 2.75) is 91.3 Å². The highest BCUT2D eigenvalue weighted by Gasteiger charge is 2.59. The quantitative estimate of drug-likeness (QED) is 0.812. The van der Waals surface area contributed by atoms with Crippen molar-refractivity contribution in [3.63, 3.8) is 0 Å². The van der Waals surface area contributed by atoms with Gasteiger partial charge in [-0.1, -0.05) is 41.0 Å². The van der Waals surface area contributed by atoms with Gasteiger partial charge in [0.25, 0.3) is 0 Å². The first-order valence-corrected chi connectivity index (χ1v) is 9.94. The predicted molar refractivity (Wildman–Crippen MR) is 96.9 cm³/mol. The van der Waals surface area contributed by atoms with E-state index in [0.29, 0.717) is 23.5 Å². The lowest BCUT2D eigenvalue weighted by atomic mass is 9.57. The van der Waals surface area contributed by atoms with E-state index in [1.807, 2.05) is 0 Å². The van der Waals surface area contributed by atoms with Crippen LogP contribution in [0, 0.1) is 22.7 Å². The van der Waals surface area contributed by atoms with Crippen LogP contribution in [-0.2, 0) is 4.74 Å². The molecular formula is C20H36N2O2. The Morgan fingerprint density at radius 3 is 2.42 bits per heavy atom. The smallest absolute Gasteiger partial charge is 0.315 e. The number of fused-ring (bicyclic) bond motifs is 1. The van der Waals surface area contributed by atoms with Crippen molar-refractivity contribution >= 4 is 6.03 Å². The van der Waals surface area contributed by atoms with Gasteiger partial charge in [0.2, 0.25) is 0 Å². The molecule has 0 bridgehead atoms. The molecule has 24 heavy (non-hydrogen) atoms. The molecule has 1 aliphatic heterocycles. The van der Waals surface area contributed by atoms with Crippen LogP contribution in [0.15, 0.2) is 0 Å². The van der Waals surface area contributed by atoms with Crippen molar-refractivity contribution in [2.75, 3.05) is 6.61 Å². The summed E-state index contributed by atoms with van der Waals surface area (Å²) in [5.41, 5.74) is 0.488. The van der Waals surface area contributed by atoms with Gasteiger partial charge in [-0.25, -0.2) is 4.79 Å². The maximum absolute atomic E-state index is 12.5. The van der Waals surface area contributed by atoms with Crippen LogP contribution in [0.4, 0.5) is 4.79 Å². The molecule has 1 heterocycles. The zero-order valence-corrected chi connectivity index (χ0v) is 16.2. The number of hydrogen-bond acceptors (Lipinski definition) is 2. The second kappa shape index (κ2) is 6.51. The van der Waals surface area contributed by atoms with E-state index in [1.165, 1.54) is 19.3 Å².